The normalized spacial score (nSPS) is 11.3. The first-order valence-corrected chi connectivity index (χ1v) is 5.77. The maximum Gasteiger partial charge on any atom is 0.335 e. The van der Waals surface area contributed by atoms with Crippen LogP contribution < -0.4 is 10.1 Å². The minimum atomic E-state index is -0.972. The van der Waals surface area contributed by atoms with Crippen molar-refractivity contribution in [1.29, 1.82) is 0 Å². The van der Waals surface area contributed by atoms with Crippen LogP contribution >= 0.6 is 0 Å². The van der Waals surface area contributed by atoms with Crippen LogP contribution in [0.3, 0.4) is 0 Å². The second-order valence-corrected chi connectivity index (χ2v) is 4.65. The van der Waals surface area contributed by atoms with Crippen LogP contribution in [0, 0.1) is 0 Å². The fraction of sp³-hybridized carbons (Fsp3) is 0.462. The summed E-state index contributed by atoms with van der Waals surface area (Å²) in [6.07, 6.45) is 0. The molecule has 1 rings (SSSR count). The quantitative estimate of drug-likeness (QED) is 0.635. The molecule has 0 saturated heterocycles. The molecule has 0 unspecified atom stereocenters. The van der Waals surface area contributed by atoms with Crippen LogP contribution in [-0.2, 0) is 0 Å². The largest absolute Gasteiger partial charge is 0.492 e. The Bertz CT molecular complexity index is 404. The molecule has 0 heterocycles. The summed E-state index contributed by atoms with van der Waals surface area (Å²) in [4.78, 5) is 10.8. The van der Waals surface area contributed by atoms with Crippen molar-refractivity contribution >= 4 is 5.97 Å². The lowest BCUT2D eigenvalue weighted by atomic mass is 10.1. The number of aliphatic hydroxyl groups excluding tert-OH is 1. The number of hydrogen-bond acceptors (Lipinski definition) is 4. The van der Waals surface area contributed by atoms with Crippen LogP contribution in [0.25, 0.3) is 0 Å². The molecule has 0 aliphatic rings. The van der Waals surface area contributed by atoms with E-state index < -0.39 is 5.97 Å². The van der Waals surface area contributed by atoms with E-state index in [4.69, 9.17) is 14.9 Å². The van der Waals surface area contributed by atoms with Crippen LogP contribution in [-0.4, -0.2) is 41.5 Å². The second kappa shape index (κ2) is 6.37. The Morgan fingerprint density at radius 1 is 1.44 bits per heavy atom. The SMILES string of the molecule is CC(C)(CO)NCCOc1cccc(C(=O)O)c1. The smallest absolute Gasteiger partial charge is 0.335 e. The number of nitrogens with one attached hydrogen (secondary N) is 1. The van der Waals surface area contributed by atoms with Gasteiger partial charge < -0.3 is 20.3 Å². The molecule has 0 atom stereocenters. The number of ether oxygens (including phenoxy) is 1. The summed E-state index contributed by atoms with van der Waals surface area (Å²) >= 11 is 0. The average Bonchev–Trinajstić information content (AvgIpc) is 2.35. The Balaban J connectivity index is 2.40. The van der Waals surface area contributed by atoms with Crippen molar-refractivity contribution < 1.29 is 19.7 Å². The van der Waals surface area contributed by atoms with Gasteiger partial charge in [-0.2, -0.15) is 0 Å². The van der Waals surface area contributed by atoms with Crippen molar-refractivity contribution in [1.82, 2.24) is 5.32 Å². The van der Waals surface area contributed by atoms with E-state index in [0.717, 1.165) is 0 Å². The summed E-state index contributed by atoms with van der Waals surface area (Å²) in [5.41, 5.74) is -0.136. The fourth-order valence-corrected chi connectivity index (χ4v) is 1.33. The zero-order valence-electron chi connectivity index (χ0n) is 10.6. The predicted octanol–water partition coefficient (Wildman–Crippen LogP) is 1.12. The zero-order chi connectivity index (χ0) is 13.6. The third-order valence-electron chi connectivity index (χ3n) is 2.45. The third-order valence-corrected chi connectivity index (χ3v) is 2.45. The average molecular weight is 253 g/mol. The van der Waals surface area contributed by atoms with Crippen LogP contribution in [0.4, 0.5) is 0 Å². The zero-order valence-corrected chi connectivity index (χ0v) is 10.6. The van der Waals surface area contributed by atoms with Crippen molar-refractivity contribution in [3.05, 3.63) is 29.8 Å². The number of carbonyl (C=O) groups is 1. The van der Waals surface area contributed by atoms with E-state index in [2.05, 4.69) is 5.32 Å². The van der Waals surface area contributed by atoms with Gasteiger partial charge in [0.1, 0.15) is 12.4 Å². The van der Waals surface area contributed by atoms with Gasteiger partial charge in [-0.25, -0.2) is 4.79 Å². The van der Waals surface area contributed by atoms with Crippen molar-refractivity contribution in [3.8, 4) is 5.75 Å². The summed E-state index contributed by atoms with van der Waals surface area (Å²) < 4.78 is 5.43. The van der Waals surface area contributed by atoms with E-state index in [1.165, 1.54) is 12.1 Å². The highest BCUT2D eigenvalue weighted by Gasteiger charge is 2.14. The number of hydrogen-bond donors (Lipinski definition) is 3. The molecule has 1 aromatic carbocycles. The summed E-state index contributed by atoms with van der Waals surface area (Å²) in [5, 5.41) is 21.0. The van der Waals surface area contributed by atoms with Gasteiger partial charge in [0.2, 0.25) is 0 Å². The van der Waals surface area contributed by atoms with Gasteiger partial charge in [0, 0.05) is 12.1 Å². The van der Waals surface area contributed by atoms with Crippen LogP contribution in [0.5, 0.6) is 5.75 Å². The number of aromatic carboxylic acids is 1. The molecule has 0 aliphatic heterocycles. The molecule has 100 valence electrons. The molecule has 0 saturated carbocycles. The maximum absolute atomic E-state index is 10.8. The Kier molecular flexibility index (Phi) is 5.12. The topological polar surface area (TPSA) is 78.8 Å². The number of aliphatic hydroxyl groups is 1. The van der Waals surface area contributed by atoms with Crippen LogP contribution in [0.2, 0.25) is 0 Å². The number of rotatable bonds is 7. The van der Waals surface area contributed by atoms with E-state index in [9.17, 15) is 4.79 Å². The van der Waals surface area contributed by atoms with Crippen molar-refractivity contribution in [2.45, 2.75) is 19.4 Å². The molecule has 1 aromatic rings. The lowest BCUT2D eigenvalue weighted by molar-refractivity contribution is 0.0696. The van der Waals surface area contributed by atoms with Gasteiger partial charge in [-0.05, 0) is 32.0 Å². The van der Waals surface area contributed by atoms with Gasteiger partial charge in [-0.1, -0.05) is 6.07 Å². The molecule has 3 N–H and O–H groups in total. The van der Waals surface area contributed by atoms with E-state index >= 15 is 0 Å². The van der Waals surface area contributed by atoms with Gasteiger partial charge in [-0.15, -0.1) is 0 Å². The second-order valence-electron chi connectivity index (χ2n) is 4.65. The molecule has 0 radical (unpaired) electrons. The standard InChI is InChI=1S/C13H19NO4/c1-13(2,9-15)14-6-7-18-11-5-3-4-10(8-11)12(16)17/h3-5,8,14-15H,6-7,9H2,1-2H3,(H,16,17). The monoisotopic (exact) mass is 253 g/mol. The predicted molar refractivity (Wildman–Crippen MR) is 68.1 cm³/mol. The highest BCUT2D eigenvalue weighted by molar-refractivity contribution is 5.87. The Hall–Kier alpha value is -1.59. The van der Waals surface area contributed by atoms with E-state index in [-0.39, 0.29) is 17.7 Å². The third kappa shape index (κ3) is 4.73. The van der Waals surface area contributed by atoms with Crippen molar-refractivity contribution in [3.63, 3.8) is 0 Å². The molecular weight excluding hydrogens is 234 g/mol. The number of carboxylic acids is 1. The molecule has 0 amide bonds. The minimum Gasteiger partial charge on any atom is -0.492 e. The minimum absolute atomic E-state index is 0.0432. The Morgan fingerprint density at radius 3 is 2.78 bits per heavy atom. The first kappa shape index (κ1) is 14.5. The first-order chi connectivity index (χ1) is 8.44. The van der Waals surface area contributed by atoms with Crippen LogP contribution in [0.15, 0.2) is 24.3 Å². The molecule has 5 nitrogen and oxygen atoms in total. The molecule has 0 aliphatic carbocycles. The van der Waals surface area contributed by atoms with Gasteiger partial charge in [0.15, 0.2) is 0 Å². The molecule has 5 heteroatoms. The van der Waals surface area contributed by atoms with Gasteiger partial charge in [0.25, 0.3) is 0 Å². The van der Waals surface area contributed by atoms with Gasteiger partial charge >= 0.3 is 5.97 Å². The van der Waals surface area contributed by atoms with E-state index in [1.54, 1.807) is 12.1 Å². The molecule has 18 heavy (non-hydrogen) atoms. The number of benzene rings is 1. The molecular formula is C13H19NO4. The molecule has 0 spiro atoms. The molecule has 0 aromatic heterocycles. The van der Waals surface area contributed by atoms with Gasteiger partial charge in [0.05, 0.1) is 12.2 Å². The highest BCUT2D eigenvalue weighted by Crippen LogP contribution is 2.13. The molecule has 0 bridgehead atoms. The molecule has 0 fully saturated rings. The fourth-order valence-electron chi connectivity index (χ4n) is 1.33. The summed E-state index contributed by atoms with van der Waals surface area (Å²) in [5.74, 6) is -0.446. The summed E-state index contributed by atoms with van der Waals surface area (Å²) in [6, 6.07) is 6.36. The lowest BCUT2D eigenvalue weighted by Gasteiger charge is -2.23. The lowest BCUT2D eigenvalue weighted by Crippen LogP contribution is -2.44. The summed E-state index contributed by atoms with van der Waals surface area (Å²) in [7, 11) is 0. The van der Waals surface area contributed by atoms with E-state index in [0.29, 0.717) is 18.9 Å². The van der Waals surface area contributed by atoms with Crippen molar-refractivity contribution in [2.75, 3.05) is 19.8 Å². The Morgan fingerprint density at radius 2 is 2.17 bits per heavy atom. The highest BCUT2D eigenvalue weighted by atomic mass is 16.5. The van der Waals surface area contributed by atoms with E-state index in [1.807, 2.05) is 13.8 Å². The Labute approximate surface area is 106 Å². The van der Waals surface area contributed by atoms with Crippen LogP contribution in [0.1, 0.15) is 24.2 Å². The first-order valence-electron chi connectivity index (χ1n) is 5.77. The van der Waals surface area contributed by atoms with Crippen molar-refractivity contribution in [2.24, 2.45) is 0 Å². The van der Waals surface area contributed by atoms with Gasteiger partial charge in [-0.3, -0.25) is 0 Å². The maximum atomic E-state index is 10.8. The summed E-state index contributed by atoms with van der Waals surface area (Å²) in [6.45, 7) is 4.80. The number of carboxylic acid groups (broad SMARTS) is 1.